The van der Waals surface area contributed by atoms with Gasteiger partial charge in [-0.25, -0.2) is 0 Å². The molecule has 0 aromatic heterocycles. The highest BCUT2D eigenvalue weighted by Gasteiger charge is 2.08. The van der Waals surface area contributed by atoms with Crippen molar-refractivity contribution in [1.29, 1.82) is 0 Å². The summed E-state index contributed by atoms with van der Waals surface area (Å²) in [6, 6.07) is 0. The summed E-state index contributed by atoms with van der Waals surface area (Å²) in [5, 5.41) is 8.42. The molecule has 0 spiro atoms. The number of nitrogens with zero attached hydrogens (tertiary/aromatic N) is 1. The maximum atomic E-state index is 8.42. The van der Waals surface area contributed by atoms with E-state index in [2.05, 4.69) is 4.90 Å². The smallest absolute Gasteiger partial charge is 0.146 e. The number of rotatable bonds is 7. The van der Waals surface area contributed by atoms with Gasteiger partial charge in [0.15, 0.2) is 0 Å². The third-order valence-electron chi connectivity index (χ3n) is 2.06. The molecule has 1 fully saturated rings. The van der Waals surface area contributed by atoms with Crippen molar-refractivity contribution in [1.82, 2.24) is 4.90 Å². The molecule has 1 heterocycles. The number of hydrogen-bond donors (Lipinski definition) is 1. The first-order chi connectivity index (χ1) is 6.93. The molecule has 1 rings (SSSR count). The second-order valence-corrected chi connectivity index (χ2v) is 3.11. The quantitative estimate of drug-likeness (QED) is 0.440. The molecule has 0 radical (unpaired) electrons. The number of morpholine rings is 1. The van der Waals surface area contributed by atoms with E-state index in [4.69, 9.17) is 19.3 Å². The van der Waals surface area contributed by atoms with Gasteiger partial charge in [0.1, 0.15) is 6.79 Å². The second-order valence-electron chi connectivity index (χ2n) is 3.11. The summed E-state index contributed by atoms with van der Waals surface area (Å²) in [4.78, 5) is 2.30. The number of ether oxygens (including phenoxy) is 3. The van der Waals surface area contributed by atoms with Gasteiger partial charge in [0, 0.05) is 19.6 Å². The predicted molar refractivity (Wildman–Crippen MR) is 51.1 cm³/mol. The van der Waals surface area contributed by atoms with Crippen LogP contribution in [-0.4, -0.2) is 69.5 Å². The average molecular weight is 205 g/mol. The SMILES string of the molecule is OCCOCOCCN1CCOCC1. The molecule has 0 aromatic rings. The highest BCUT2D eigenvalue weighted by molar-refractivity contribution is 4.60. The number of aliphatic hydroxyl groups is 1. The normalized spacial score (nSPS) is 18.6. The predicted octanol–water partition coefficient (Wildman–Crippen LogP) is -0.698. The lowest BCUT2D eigenvalue weighted by Gasteiger charge is -2.26. The lowest BCUT2D eigenvalue weighted by molar-refractivity contribution is -0.0705. The average Bonchev–Trinajstić information content (AvgIpc) is 2.25. The molecule has 0 aromatic carbocycles. The van der Waals surface area contributed by atoms with E-state index in [0.717, 1.165) is 32.8 Å². The number of aliphatic hydroxyl groups excluding tert-OH is 1. The Morgan fingerprint density at radius 2 is 1.86 bits per heavy atom. The summed E-state index contributed by atoms with van der Waals surface area (Å²) in [5.41, 5.74) is 0. The largest absolute Gasteiger partial charge is 0.394 e. The maximum Gasteiger partial charge on any atom is 0.146 e. The summed E-state index contributed by atoms with van der Waals surface area (Å²) < 4.78 is 15.4. The first kappa shape index (κ1) is 11.9. The van der Waals surface area contributed by atoms with E-state index in [1.807, 2.05) is 0 Å². The van der Waals surface area contributed by atoms with Crippen LogP contribution in [0.25, 0.3) is 0 Å². The Bertz CT molecular complexity index is 128. The van der Waals surface area contributed by atoms with Crippen LogP contribution in [0.4, 0.5) is 0 Å². The molecule has 1 N–H and O–H groups in total. The van der Waals surface area contributed by atoms with Gasteiger partial charge in [-0.05, 0) is 0 Å². The summed E-state index contributed by atoms with van der Waals surface area (Å²) in [6.45, 7) is 5.87. The van der Waals surface area contributed by atoms with E-state index in [-0.39, 0.29) is 13.4 Å². The van der Waals surface area contributed by atoms with Gasteiger partial charge in [0.25, 0.3) is 0 Å². The lowest BCUT2D eigenvalue weighted by atomic mass is 10.4. The van der Waals surface area contributed by atoms with Gasteiger partial charge in [0.2, 0.25) is 0 Å². The summed E-state index contributed by atoms with van der Waals surface area (Å²) in [5.74, 6) is 0. The van der Waals surface area contributed by atoms with Crippen molar-refractivity contribution in [2.45, 2.75) is 0 Å². The minimum atomic E-state index is 0.0484. The molecule has 0 aliphatic carbocycles. The monoisotopic (exact) mass is 205 g/mol. The van der Waals surface area contributed by atoms with Gasteiger partial charge in [-0.15, -0.1) is 0 Å². The van der Waals surface area contributed by atoms with Crippen LogP contribution in [0.1, 0.15) is 0 Å². The molecule has 5 heteroatoms. The molecule has 1 saturated heterocycles. The first-order valence-corrected chi connectivity index (χ1v) is 5.00. The molecular weight excluding hydrogens is 186 g/mol. The third kappa shape index (κ3) is 5.51. The van der Waals surface area contributed by atoms with E-state index in [1.54, 1.807) is 0 Å². The fourth-order valence-corrected chi connectivity index (χ4v) is 1.26. The summed E-state index contributed by atoms with van der Waals surface area (Å²) in [7, 11) is 0. The molecule has 5 nitrogen and oxygen atoms in total. The second kappa shape index (κ2) is 8.14. The van der Waals surface area contributed by atoms with Crippen molar-refractivity contribution >= 4 is 0 Å². The van der Waals surface area contributed by atoms with Crippen LogP contribution in [0.2, 0.25) is 0 Å². The summed E-state index contributed by atoms with van der Waals surface area (Å²) >= 11 is 0. The highest BCUT2D eigenvalue weighted by Crippen LogP contribution is 1.95. The zero-order chi connectivity index (χ0) is 10.1. The molecule has 1 aliphatic heterocycles. The van der Waals surface area contributed by atoms with E-state index in [1.165, 1.54) is 0 Å². The topological polar surface area (TPSA) is 51.2 Å². The van der Waals surface area contributed by atoms with Gasteiger partial charge >= 0.3 is 0 Å². The Kier molecular flexibility index (Phi) is 6.90. The molecule has 0 amide bonds. The van der Waals surface area contributed by atoms with Crippen LogP contribution in [-0.2, 0) is 14.2 Å². The van der Waals surface area contributed by atoms with E-state index in [0.29, 0.717) is 13.2 Å². The summed E-state index contributed by atoms with van der Waals surface area (Å²) in [6.07, 6.45) is 0. The van der Waals surface area contributed by atoms with Gasteiger partial charge in [-0.1, -0.05) is 0 Å². The molecule has 0 bridgehead atoms. The van der Waals surface area contributed by atoms with Gasteiger partial charge in [-0.2, -0.15) is 0 Å². The third-order valence-corrected chi connectivity index (χ3v) is 2.06. The van der Waals surface area contributed by atoms with Crippen LogP contribution in [0.5, 0.6) is 0 Å². The van der Waals surface area contributed by atoms with Crippen LogP contribution < -0.4 is 0 Å². The molecule has 14 heavy (non-hydrogen) atoms. The maximum absolute atomic E-state index is 8.42. The Hall–Kier alpha value is -0.200. The van der Waals surface area contributed by atoms with Gasteiger partial charge in [-0.3, -0.25) is 4.90 Å². The van der Waals surface area contributed by atoms with Crippen molar-refractivity contribution in [3.63, 3.8) is 0 Å². The molecule has 0 unspecified atom stereocenters. The minimum absolute atomic E-state index is 0.0484. The van der Waals surface area contributed by atoms with Crippen LogP contribution in [0.15, 0.2) is 0 Å². The minimum Gasteiger partial charge on any atom is -0.394 e. The zero-order valence-corrected chi connectivity index (χ0v) is 8.48. The van der Waals surface area contributed by atoms with Crippen LogP contribution in [0, 0.1) is 0 Å². The zero-order valence-electron chi connectivity index (χ0n) is 8.48. The van der Waals surface area contributed by atoms with Gasteiger partial charge < -0.3 is 19.3 Å². The van der Waals surface area contributed by atoms with Crippen LogP contribution >= 0.6 is 0 Å². The van der Waals surface area contributed by atoms with Crippen molar-refractivity contribution in [3.8, 4) is 0 Å². The van der Waals surface area contributed by atoms with Gasteiger partial charge in [0.05, 0.1) is 33.0 Å². The Morgan fingerprint density at radius 1 is 1.14 bits per heavy atom. The lowest BCUT2D eigenvalue weighted by Crippen LogP contribution is -2.38. The molecule has 1 aliphatic rings. The van der Waals surface area contributed by atoms with Crippen molar-refractivity contribution in [3.05, 3.63) is 0 Å². The molecule has 84 valence electrons. The van der Waals surface area contributed by atoms with Crippen molar-refractivity contribution in [2.75, 3.05) is 59.5 Å². The molecule has 0 atom stereocenters. The van der Waals surface area contributed by atoms with E-state index in [9.17, 15) is 0 Å². The Balaban J connectivity index is 1.82. The van der Waals surface area contributed by atoms with Crippen molar-refractivity contribution < 1.29 is 19.3 Å². The Morgan fingerprint density at radius 3 is 2.57 bits per heavy atom. The Labute approximate surface area is 84.5 Å². The standard InChI is InChI=1S/C9H19NO4/c11-4-8-14-9-13-7-3-10-1-5-12-6-2-10/h11H,1-9H2. The highest BCUT2D eigenvalue weighted by atomic mass is 16.7. The molecule has 0 saturated carbocycles. The van der Waals surface area contributed by atoms with E-state index < -0.39 is 0 Å². The fourth-order valence-electron chi connectivity index (χ4n) is 1.26. The molecular formula is C9H19NO4. The van der Waals surface area contributed by atoms with Crippen molar-refractivity contribution in [2.24, 2.45) is 0 Å². The van der Waals surface area contributed by atoms with E-state index >= 15 is 0 Å². The first-order valence-electron chi connectivity index (χ1n) is 5.00. The van der Waals surface area contributed by atoms with Crippen LogP contribution in [0.3, 0.4) is 0 Å². The fraction of sp³-hybridized carbons (Fsp3) is 1.00. The number of hydrogen-bond acceptors (Lipinski definition) is 5.